The highest BCUT2D eigenvalue weighted by atomic mass is 32.2. The van der Waals surface area contributed by atoms with E-state index < -0.39 is 21.6 Å². The zero-order chi connectivity index (χ0) is 29.1. The van der Waals surface area contributed by atoms with Crippen LogP contribution in [0.3, 0.4) is 0 Å². The second kappa shape index (κ2) is 11.9. The van der Waals surface area contributed by atoms with Crippen LogP contribution in [0.4, 0.5) is 10.5 Å². The first-order valence-electron chi connectivity index (χ1n) is 13.8. The lowest BCUT2D eigenvalue weighted by molar-refractivity contribution is -0.124. The van der Waals surface area contributed by atoms with Crippen LogP contribution in [-0.2, 0) is 21.2 Å². The maximum Gasteiger partial charge on any atom is 0.318 e. The van der Waals surface area contributed by atoms with E-state index in [1.807, 2.05) is 26.0 Å². The van der Waals surface area contributed by atoms with Gasteiger partial charge in [-0.1, -0.05) is 44.0 Å². The van der Waals surface area contributed by atoms with E-state index in [-0.39, 0.29) is 19.0 Å². The molecule has 0 saturated carbocycles. The molecule has 2 aliphatic heterocycles. The van der Waals surface area contributed by atoms with Crippen LogP contribution in [0.15, 0.2) is 46.8 Å². The van der Waals surface area contributed by atoms with Crippen molar-refractivity contribution in [2.24, 2.45) is 10.7 Å². The number of sulfonamides is 1. The van der Waals surface area contributed by atoms with Crippen LogP contribution in [0, 0.1) is 13.8 Å². The van der Waals surface area contributed by atoms with Crippen molar-refractivity contribution in [1.29, 1.82) is 0 Å². The summed E-state index contributed by atoms with van der Waals surface area (Å²) in [6.45, 7) is 6.31. The molecule has 0 atom stereocenters. The second-order valence-electron chi connectivity index (χ2n) is 10.7. The summed E-state index contributed by atoms with van der Waals surface area (Å²) in [4.78, 5) is 30.6. The number of piperidine rings is 1. The summed E-state index contributed by atoms with van der Waals surface area (Å²) < 4.78 is 27.8. The Morgan fingerprint density at radius 1 is 1.12 bits per heavy atom. The van der Waals surface area contributed by atoms with Gasteiger partial charge >= 0.3 is 6.03 Å². The van der Waals surface area contributed by atoms with Crippen molar-refractivity contribution in [2.75, 3.05) is 25.0 Å². The van der Waals surface area contributed by atoms with Crippen molar-refractivity contribution in [3.63, 3.8) is 0 Å². The number of carbonyl (C=O) groups excluding carboxylic acids is 2. The SMILES string of the molecule is CCCCCc1ccc(C2=NC3(CCN(S(=O)(=O)/C=C/c4c(C)cc(N(C)C(N)=O)cc4C)CC3)C(=O)N2)cc1. The van der Waals surface area contributed by atoms with Crippen molar-refractivity contribution < 1.29 is 18.0 Å². The molecule has 40 heavy (non-hydrogen) atoms. The van der Waals surface area contributed by atoms with Crippen molar-refractivity contribution in [2.45, 2.75) is 64.8 Å². The molecule has 1 fully saturated rings. The number of nitrogens with two attached hydrogens (primary N) is 1. The Morgan fingerprint density at radius 2 is 1.75 bits per heavy atom. The molecule has 3 N–H and O–H groups in total. The van der Waals surface area contributed by atoms with E-state index in [9.17, 15) is 18.0 Å². The maximum absolute atomic E-state index is 13.2. The second-order valence-corrected chi connectivity index (χ2v) is 12.6. The number of hydrogen-bond acceptors (Lipinski definition) is 5. The number of carbonyl (C=O) groups is 2. The Bertz CT molecular complexity index is 1420. The van der Waals surface area contributed by atoms with Crippen LogP contribution in [0.5, 0.6) is 0 Å². The lowest BCUT2D eigenvalue weighted by Crippen LogP contribution is -2.50. The van der Waals surface area contributed by atoms with Crippen LogP contribution in [-0.4, -0.2) is 56.2 Å². The Morgan fingerprint density at radius 3 is 2.33 bits per heavy atom. The fraction of sp³-hybridized carbons (Fsp3) is 0.433. The van der Waals surface area contributed by atoms with Gasteiger partial charge in [0.05, 0.1) is 0 Å². The van der Waals surface area contributed by atoms with Crippen LogP contribution in [0.25, 0.3) is 6.08 Å². The third-order valence-corrected chi connectivity index (χ3v) is 9.45. The number of anilines is 1. The van der Waals surface area contributed by atoms with E-state index in [0.29, 0.717) is 24.4 Å². The quantitative estimate of drug-likeness (QED) is 0.441. The normalized spacial score (nSPS) is 17.3. The van der Waals surface area contributed by atoms with E-state index in [0.717, 1.165) is 35.1 Å². The standard InChI is InChI=1S/C30H39N5O4S/c1-5-6-7-8-23-9-11-24(12-10-23)27-32-28(36)30(33-27)14-16-35(17-15-30)40(38,39)18-13-26-21(2)19-25(20-22(26)3)34(4)29(31)37/h9-13,18-20H,5-8,14-17H2,1-4H3,(H2,31,37)(H,32,33,36)/b18-13+. The number of amides is 3. The summed E-state index contributed by atoms with van der Waals surface area (Å²) >= 11 is 0. The minimum Gasteiger partial charge on any atom is -0.351 e. The summed E-state index contributed by atoms with van der Waals surface area (Å²) in [6, 6.07) is 11.2. The molecule has 2 aliphatic rings. The third-order valence-electron chi connectivity index (χ3n) is 7.89. The highest BCUT2D eigenvalue weighted by molar-refractivity contribution is 7.92. The van der Waals surface area contributed by atoms with E-state index in [4.69, 9.17) is 10.7 Å². The average Bonchev–Trinajstić information content (AvgIpc) is 3.23. The molecular formula is C30H39N5O4S. The zero-order valence-electron chi connectivity index (χ0n) is 23.7. The minimum absolute atomic E-state index is 0.172. The van der Waals surface area contributed by atoms with Crippen molar-refractivity contribution in [3.05, 3.63) is 69.6 Å². The van der Waals surface area contributed by atoms with Gasteiger partial charge in [0.1, 0.15) is 11.4 Å². The van der Waals surface area contributed by atoms with Gasteiger partial charge in [0, 0.05) is 36.8 Å². The summed E-state index contributed by atoms with van der Waals surface area (Å²) in [5.41, 5.74) is 9.61. The van der Waals surface area contributed by atoms with Crippen LogP contribution in [0.2, 0.25) is 0 Å². The first-order chi connectivity index (χ1) is 19.0. The van der Waals surface area contributed by atoms with Crippen molar-refractivity contribution in [3.8, 4) is 0 Å². The molecule has 0 unspecified atom stereocenters. The summed E-state index contributed by atoms with van der Waals surface area (Å²) in [5.74, 6) is 0.382. The van der Waals surface area contributed by atoms with Crippen LogP contribution >= 0.6 is 0 Å². The third kappa shape index (κ3) is 6.28. The summed E-state index contributed by atoms with van der Waals surface area (Å²) in [7, 11) is -2.13. The molecule has 0 aliphatic carbocycles. The first-order valence-corrected chi connectivity index (χ1v) is 15.3. The monoisotopic (exact) mass is 565 g/mol. The highest BCUT2D eigenvalue weighted by Gasteiger charge is 2.47. The Labute approximate surface area is 237 Å². The van der Waals surface area contributed by atoms with E-state index in [2.05, 4.69) is 24.4 Å². The number of nitrogens with one attached hydrogen (secondary N) is 1. The van der Waals surface area contributed by atoms with E-state index in [1.165, 1.54) is 33.0 Å². The van der Waals surface area contributed by atoms with Crippen LogP contribution < -0.4 is 16.0 Å². The molecule has 1 spiro atoms. The van der Waals surface area contributed by atoms with E-state index >= 15 is 0 Å². The predicted octanol–water partition coefficient (Wildman–Crippen LogP) is 4.26. The smallest absolute Gasteiger partial charge is 0.318 e. The van der Waals surface area contributed by atoms with Crippen molar-refractivity contribution >= 4 is 39.6 Å². The minimum atomic E-state index is -3.71. The number of rotatable bonds is 9. The number of hydrogen-bond donors (Lipinski definition) is 2. The molecule has 0 radical (unpaired) electrons. The Kier molecular flexibility index (Phi) is 8.80. The van der Waals surface area contributed by atoms with Gasteiger partial charge in [-0.2, -0.15) is 4.31 Å². The molecule has 0 aromatic heterocycles. The van der Waals surface area contributed by atoms with E-state index in [1.54, 1.807) is 25.3 Å². The topological polar surface area (TPSA) is 125 Å². The number of amidine groups is 1. The number of aryl methyl sites for hydroxylation is 3. The molecule has 2 aromatic rings. The van der Waals surface area contributed by atoms with Gasteiger partial charge in [0.25, 0.3) is 5.91 Å². The number of nitrogens with zero attached hydrogens (tertiary/aromatic N) is 3. The number of urea groups is 1. The van der Waals surface area contributed by atoms with Gasteiger partial charge in [-0.05, 0) is 80.0 Å². The van der Waals surface area contributed by atoms with Gasteiger partial charge in [0.2, 0.25) is 10.0 Å². The molecule has 9 nitrogen and oxygen atoms in total. The van der Waals surface area contributed by atoms with Gasteiger partial charge in [-0.15, -0.1) is 0 Å². The van der Waals surface area contributed by atoms with Gasteiger partial charge in [0.15, 0.2) is 0 Å². The molecule has 0 bridgehead atoms. The fourth-order valence-corrected chi connectivity index (χ4v) is 6.46. The number of aliphatic imine (C=N–C) groups is 1. The molecule has 10 heteroatoms. The number of primary amides is 1. The van der Waals surface area contributed by atoms with Gasteiger partial charge in [-0.25, -0.2) is 13.2 Å². The molecule has 2 heterocycles. The fourth-order valence-electron chi connectivity index (χ4n) is 5.29. The highest BCUT2D eigenvalue weighted by Crippen LogP contribution is 2.33. The molecule has 1 saturated heterocycles. The summed E-state index contributed by atoms with van der Waals surface area (Å²) in [6.07, 6.45) is 6.80. The Hall–Kier alpha value is -3.50. The maximum atomic E-state index is 13.2. The van der Waals surface area contributed by atoms with Crippen molar-refractivity contribution in [1.82, 2.24) is 9.62 Å². The number of benzene rings is 2. The Balaban J connectivity index is 1.43. The van der Waals surface area contributed by atoms with Crippen LogP contribution in [0.1, 0.15) is 66.8 Å². The first kappa shape index (κ1) is 29.5. The molecule has 4 rings (SSSR count). The summed E-state index contributed by atoms with van der Waals surface area (Å²) in [5, 5.41) is 4.14. The number of unbranched alkanes of at least 4 members (excludes halogenated alkanes) is 2. The largest absolute Gasteiger partial charge is 0.351 e. The molecular weight excluding hydrogens is 526 g/mol. The molecule has 3 amide bonds. The van der Waals surface area contributed by atoms with Gasteiger partial charge < -0.3 is 11.1 Å². The zero-order valence-corrected chi connectivity index (χ0v) is 24.6. The lowest BCUT2D eigenvalue weighted by Gasteiger charge is -2.34. The molecule has 2 aromatic carbocycles. The average molecular weight is 566 g/mol. The molecule has 214 valence electrons. The van der Waals surface area contributed by atoms with Gasteiger partial charge in [-0.3, -0.25) is 14.7 Å². The predicted molar refractivity (Wildman–Crippen MR) is 160 cm³/mol. The lowest BCUT2D eigenvalue weighted by atomic mass is 9.89.